The third-order valence-electron chi connectivity index (χ3n) is 3.65. The first-order valence-electron chi connectivity index (χ1n) is 8.07. The number of carbonyl (C=O) groups excluding carboxylic acids is 1. The van der Waals surface area contributed by atoms with Crippen molar-refractivity contribution in [3.8, 4) is 5.75 Å². The third kappa shape index (κ3) is 5.41. The maximum Gasteiger partial charge on any atom is 0.234 e. The average Bonchev–Trinajstić information content (AvgIpc) is 3.02. The molecule has 1 amide bonds. The van der Waals surface area contributed by atoms with Crippen LogP contribution >= 0.6 is 50.9 Å². The highest BCUT2D eigenvalue weighted by atomic mass is 79.9. The fraction of sp³-hybridized carbons (Fsp3) is 0.167. The number of para-hydroxylation sites is 1. The minimum Gasteiger partial charge on any atom is -0.484 e. The lowest BCUT2D eigenvalue weighted by molar-refractivity contribution is -0.113. The predicted molar refractivity (Wildman–Crippen MR) is 115 cm³/mol. The standard InChI is InChI=1S/C18H15BrCl2N4O2S/c1-25-16(9-27-15-5-3-2-4-14(15)21)23-24-18(25)28-10-17(26)22-11-6-7-13(20)12(19)8-11/h2-8H,9-10H2,1H3,(H,22,26). The van der Waals surface area contributed by atoms with Gasteiger partial charge in [-0.3, -0.25) is 4.79 Å². The molecule has 1 N–H and O–H groups in total. The Morgan fingerprint density at radius 3 is 2.75 bits per heavy atom. The molecule has 1 heterocycles. The van der Waals surface area contributed by atoms with Crippen LogP contribution in [0.1, 0.15) is 5.82 Å². The molecule has 3 rings (SSSR count). The average molecular weight is 502 g/mol. The van der Waals surface area contributed by atoms with Gasteiger partial charge in [-0.25, -0.2) is 0 Å². The minimum atomic E-state index is -0.156. The number of anilines is 1. The van der Waals surface area contributed by atoms with Crippen molar-refractivity contribution < 1.29 is 9.53 Å². The van der Waals surface area contributed by atoms with Gasteiger partial charge in [0, 0.05) is 17.2 Å². The number of hydrogen-bond acceptors (Lipinski definition) is 5. The van der Waals surface area contributed by atoms with Crippen molar-refractivity contribution in [2.24, 2.45) is 7.05 Å². The van der Waals surface area contributed by atoms with E-state index in [4.69, 9.17) is 27.9 Å². The molecule has 1 aromatic heterocycles. The topological polar surface area (TPSA) is 69.0 Å². The molecule has 146 valence electrons. The summed E-state index contributed by atoms with van der Waals surface area (Å²) in [7, 11) is 1.82. The molecule has 0 aliphatic rings. The van der Waals surface area contributed by atoms with Crippen molar-refractivity contribution in [2.45, 2.75) is 11.8 Å². The monoisotopic (exact) mass is 500 g/mol. The van der Waals surface area contributed by atoms with Gasteiger partial charge in [-0.15, -0.1) is 10.2 Å². The summed E-state index contributed by atoms with van der Waals surface area (Å²) < 4.78 is 8.19. The van der Waals surface area contributed by atoms with Crippen LogP contribution in [0.4, 0.5) is 5.69 Å². The van der Waals surface area contributed by atoms with Crippen LogP contribution in [-0.2, 0) is 18.4 Å². The SMILES string of the molecule is Cn1c(COc2ccccc2Cl)nnc1SCC(=O)Nc1ccc(Cl)c(Br)c1. The molecule has 0 aliphatic heterocycles. The van der Waals surface area contributed by atoms with Crippen molar-refractivity contribution in [3.63, 3.8) is 0 Å². The molecular weight excluding hydrogens is 487 g/mol. The summed E-state index contributed by atoms with van der Waals surface area (Å²) in [6.45, 7) is 0.221. The molecule has 0 bridgehead atoms. The Labute approximate surface area is 184 Å². The van der Waals surface area contributed by atoms with Crippen molar-refractivity contribution in [2.75, 3.05) is 11.1 Å². The molecule has 2 aromatic carbocycles. The molecule has 3 aromatic rings. The van der Waals surface area contributed by atoms with Crippen molar-refractivity contribution in [3.05, 3.63) is 62.8 Å². The van der Waals surface area contributed by atoms with Gasteiger partial charge in [-0.2, -0.15) is 0 Å². The van der Waals surface area contributed by atoms with Crippen LogP contribution in [0.25, 0.3) is 0 Å². The van der Waals surface area contributed by atoms with E-state index < -0.39 is 0 Å². The van der Waals surface area contributed by atoms with Gasteiger partial charge in [0.2, 0.25) is 5.91 Å². The lowest BCUT2D eigenvalue weighted by Crippen LogP contribution is -2.14. The second-order valence-corrected chi connectivity index (χ2v) is 8.25. The van der Waals surface area contributed by atoms with Crippen LogP contribution < -0.4 is 10.1 Å². The maximum absolute atomic E-state index is 12.2. The van der Waals surface area contributed by atoms with E-state index in [0.29, 0.717) is 32.5 Å². The zero-order chi connectivity index (χ0) is 20.1. The zero-order valence-electron chi connectivity index (χ0n) is 14.7. The molecule has 0 saturated heterocycles. The predicted octanol–water partition coefficient (Wildman–Crippen LogP) is 5.19. The van der Waals surface area contributed by atoms with E-state index >= 15 is 0 Å². The number of thioether (sulfide) groups is 1. The first kappa shape index (κ1) is 21.0. The number of halogens is 3. The fourth-order valence-electron chi connectivity index (χ4n) is 2.20. The lowest BCUT2D eigenvalue weighted by atomic mass is 10.3. The van der Waals surface area contributed by atoms with E-state index in [9.17, 15) is 4.79 Å². The molecule has 0 unspecified atom stereocenters. The van der Waals surface area contributed by atoms with E-state index in [2.05, 4.69) is 31.4 Å². The van der Waals surface area contributed by atoms with Gasteiger partial charge in [0.05, 0.1) is 15.8 Å². The highest BCUT2D eigenvalue weighted by Gasteiger charge is 2.13. The Morgan fingerprint density at radius 1 is 1.21 bits per heavy atom. The smallest absolute Gasteiger partial charge is 0.234 e. The molecular formula is C18H15BrCl2N4O2S. The Morgan fingerprint density at radius 2 is 2.00 bits per heavy atom. The molecule has 6 nitrogen and oxygen atoms in total. The van der Waals surface area contributed by atoms with Gasteiger partial charge in [0.15, 0.2) is 11.0 Å². The normalized spacial score (nSPS) is 10.7. The first-order chi connectivity index (χ1) is 13.4. The second kappa shape index (κ2) is 9.65. The van der Waals surface area contributed by atoms with Crippen molar-refractivity contribution in [1.82, 2.24) is 14.8 Å². The summed E-state index contributed by atoms with van der Waals surface area (Å²) in [5, 5.41) is 12.8. The van der Waals surface area contributed by atoms with Gasteiger partial charge >= 0.3 is 0 Å². The number of carbonyl (C=O) groups is 1. The van der Waals surface area contributed by atoms with Crippen LogP contribution in [0.5, 0.6) is 5.75 Å². The summed E-state index contributed by atoms with van der Waals surface area (Å²) >= 11 is 16.6. The zero-order valence-corrected chi connectivity index (χ0v) is 18.6. The molecule has 0 fully saturated rings. The van der Waals surface area contributed by atoms with Crippen LogP contribution in [-0.4, -0.2) is 26.4 Å². The first-order valence-corrected chi connectivity index (χ1v) is 10.6. The lowest BCUT2D eigenvalue weighted by Gasteiger charge is -2.08. The number of hydrogen-bond donors (Lipinski definition) is 1. The number of benzene rings is 2. The molecule has 0 saturated carbocycles. The number of ether oxygens (including phenoxy) is 1. The van der Waals surface area contributed by atoms with E-state index in [1.165, 1.54) is 11.8 Å². The molecule has 0 spiro atoms. The summed E-state index contributed by atoms with van der Waals surface area (Å²) in [5.41, 5.74) is 0.661. The fourth-order valence-corrected chi connectivity index (χ4v) is 3.62. The van der Waals surface area contributed by atoms with Gasteiger partial charge in [-0.05, 0) is 46.3 Å². The van der Waals surface area contributed by atoms with Gasteiger partial charge < -0.3 is 14.6 Å². The number of rotatable bonds is 7. The van der Waals surface area contributed by atoms with E-state index in [-0.39, 0.29) is 18.3 Å². The van der Waals surface area contributed by atoms with Crippen LogP contribution in [0.2, 0.25) is 10.0 Å². The largest absolute Gasteiger partial charge is 0.484 e. The summed E-state index contributed by atoms with van der Waals surface area (Å²) in [6.07, 6.45) is 0. The summed E-state index contributed by atoms with van der Waals surface area (Å²) in [4.78, 5) is 12.2. The Kier molecular flexibility index (Phi) is 7.23. The Bertz CT molecular complexity index is 999. The van der Waals surface area contributed by atoms with Crippen molar-refractivity contribution in [1.29, 1.82) is 0 Å². The molecule has 28 heavy (non-hydrogen) atoms. The maximum atomic E-state index is 12.2. The minimum absolute atomic E-state index is 0.156. The second-order valence-electron chi connectivity index (χ2n) is 5.64. The molecule has 10 heteroatoms. The van der Waals surface area contributed by atoms with Gasteiger partial charge in [-0.1, -0.05) is 47.1 Å². The van der Waals surface area contributed by atoms with Crippen LogP contribution in [0.3, 0.4) is 0 Å². The quantitative estimate of drug-likeness (QED) is 0.451. The Balaban J connectivity index is 1.54. The highest BCUT2D eigenvalue weighted by molar-refractivity contribution is 9.10. The van der Waals surface area contributed by atoms with Gasteiger partial charge in [0.1, 0.15) is 12.4 Å². The highest BCUT2D eigenvalue weighted by Crippen LogP contribution is 2.26. The molecule has 0 radical (unpaired) electrons. The van der Waals surface area contributed by atoms with E-state index in [0.717, 1.165) is 4.47 Å². The number of nitrogens with one attached hydrogen (secondary N) is 1. The van der Waals surface area contributed by atoms with Gasteiger partial charge in [0.25, 0.3) is 0 Å². The van der Waals surface area contributed by atoms with E-state index in [1.54, 1.807) is 34.9 Å². The van der Waals surface area contributed by atoms with Crippen molar-refractivity contribution >= 4 is 62.5 Å². The number of nitrogens with zero attached hydrogens (tertiary/aromatic N) is 3. The third-order valence-corrected chi connectivity index (χ3v) is 6.20. The number of aromatic nitrogens is 3. The summed E-state index contributed by atoms with van der Waals surface area (Å²) in [6, 6.07) is 12.4. The van der Waals surface area contributed by atoms with Crippen LogP contribution in [0.15, 0.2) is 52.1 Å². The number of amides is 1. The van der Waals surface area contributed by atoms with E-state index in [1.807, 2.05) is 19.2 Å². The molecule has 0 aliphatic carbocycles. The summed E-state index contributed by atoms with van der Waals surface area (Å²) in [5.74, 6) is 1.24. The Hall–Kier alpha value is -1.74. The van der Waals surface area contributed by atoms with Crippen LogP contribution in [0, 0.1) is 0 Å². The molecule has 0 atom stereocenters.